The molecule has 2 rings (SSSR count). The molecule has 1 unspecified atom stereocenters. The van der Waals surface area contributed by atoms with Crippen molar-refractivity contribution in [1.29, 1.82) is 10.5 Å². The van der Waals surface area contributed by atoms with Crippen LogP contribution in [0.2, 0.25) is 0 Å². The third-order valence-corrected chi connectivity index (χ3v) is 3.14. The summed E-state index contributed by atoms with van der Waals surface area (Å²) < 4.78 is 1.43. The van der Waals surface area contributed by atoms with Crippen molar-refractivity contribution >= 4 is 5.78 Å². The van der Waals surface area contributed by atoms with Gasteiger partial charge in [-0.1, -0.05) is 29.8 Å². The molecule has 0 aliphatic rings. The summed E-state index contributed by atoms with van der Waals surface area (Å²) in [5, 5.41) is 18.0. The van der Waals surface area contributed by atoms with Crippen LogP contribution in [-0.2, 0) is 0 Å². The van der Waals surface area contributed by atoms with Gasteiger partial charge in [0.05, 0.1) is 12.4 Å². The molecule has 1 atom stereocenters. The number of hydrogen-bond donors (Lipinski definition) is 0. The van der Waals surface area contributed by atoms with Crippen molar-refractivity contribution in [2.45, 2.75) is 19.9 Å². The number of ketones is 1. The summed E-state index contributed by atoms with van der Waals surface area (Å²) in [5.41, 5.74) is 1.79. The number of Topliss-reactive ketones (excluding diaryl/α,β-unsaturated/α-hetero) is 1. The van der Waals surface area contributed by atoms with E-state index in [1.807, 2.05) is 31.2 Å². The van der Waals surface area contributed by atoms with Crippen molar-refractivity contribution in [2.24, 2.45) is 0 Å². The van der Waals surface area contributed by atoms with E-state index in [9.17, 15) is 4.79 Å². The summed E-state index contributed by atoms with van der Waals surface area (Å²) in [5.74, 6) is -0.122. The van der Waals surface area contributed by atoms with Gasteiger partial charge in [-0.3, -0.25) is 4.79 Å². The van der Waals surface area contributed by atoms with Crippen LogP contribution >= 0.6 is 0 Å². The fraction of sp³-hybridized carbons (Fsp3) is 0.200. The van der Waals surface area contributed by atoms with E-state index < -0.39 is 6.04 Å². The molecule has 0 spiro atoms. The van der Waals surface area contributed by atoms with Crippen LogP contribution in [0.3, 0.4) is 0 Å². The molecule has 2 aromatic rings. The van der Waals surface area contributed by atoms with Crippen molar-refractivity contribution in [2.75, 3.05) is 0 Å². The predicted molar refractivity (Wildman–Crippen MR) is 71.9 cm³/mol. The fourth-order valence-electron chi connectivity index (χ4n) is 1.93. The molecule has 0 N–H and O–H groups in total. The highest BCUT2D eigenvalue weighted by atomic mass is 16.1. The number of nitriles is 2. The number of aromatic nitrogens is 2. The lowest BCUT2D eigenvalue weighted by molar-refractivity contribution is 0.0934. The first-order valence-electron chi connectivity index (χ1n) is 6.06. The van der Waals surface area contributed by atoms with Crippen molar-refractivity contribution in [1.82, 2.24) is 9.55 Å². The van der Waals surface area contributed by atoms with Crippen LogP contribution < -0.4 is 0 Å². The largest absolute Gasteiger partial charge is 0.310 e. The van der Waals surface area contributed by atoms with Crippen LogP contribution in [0.1, 0.15) is 40.3 Å². The minimum Gasteiger partial charge on any atom is -0.310 e. The SMILES string of the molecule is Cc1ccc(C(=O)C(C)n2cnc(C#N)c2C#N)cc1. The van der Waals surface area contributed by atoms with Crippen molar-refractivity contribution in [3.8, 4) is 12.1 Å². The average molecular weight is 264 g/mol. The van der Waals surface area contributed by atoms with Crippen molar-refractivity contribution in [3.05, 3.63) is 53.1 Å². The molecule has 1 aromatic carbocycles. The number of aryl methyl sites for hydroxylation is 1. The van der Waals surface area contributed by atoms with Crippen LogP contribution in [0, 0.1) is 29.6 Å². The van der Waals surface area contributed by atoms with Gasteiger partial charge in [0, 0.05) is 5.56 Å². The molecule has 0 aliphatic carbocycles. The highest BCUT2D eigenvalue weighted by Gasteiger charge is 2.21. The number of benzene rings is 1. The Bertz CT molecular complexity index is 729. The molecule has 0 aliphatic heterocycles. The Hall–Kier alpha value is -2.92. The molecule has 0 amide bonds. The summed E-state index contributed by atoms with van der Waals surface area (Å²) in [7, 11) is 0. The monoisotopic (exact) mass is 264 g/mol. The van der Waals surface area contributed by atoms with Crippen molar-refractivity contribution < 1.29 is 4.79 Å². The zero-order valence-corrected chi connectivity index (χ0v) is 11.2. The van der Waals surface area contributed by atoms with Crippen LogP contribution in [0.15, 0.2) is 30.6 Å². The summed E-state index contributed by atoms with van der Waals surface area (Å²) in [6.07, 6.45) is 1.36. The van der Waals surface area contributed by atoms with Crippen LogP contribution in [-0.4, -0.2) is 15.3 Å². The second kappa shape index (κ2) is 5.38. The van der Waals surface area contributed by atoms with Gasteiger partial charge in [-0.15, -0.1) is 0 Å². The zero-order chi connectivity index (χ0) is 14.7. The maximum atomic E-state index is 12.4. The molecular formula is C15H12N4O. The Morgan fingerprint density at radius 3 is 2.45 bits per heavy atom. The minimum absolute atomic E-state index is 0.0380. The number of rotatable bonds is 3. The van der Waals surface area contributed by atoms with E-state index in [0.717, 1.165) is 5.56 Å². The molecular weight excluding hydrogens is 252 g/mol. The summed E-state index contributed by atoms with van der Waals surface area (Å²) >= 11 is 0. The first-order valence-corrected chi connectivity index (χ1v) is 6.06. The maximum Gasteiger partial charge on any atom is 0.185 e. The molecule has 5 nitrogen and oxygen atoms in total. The van der Waals surface area contributed by atoms with E-state index >= 15 is 0 Å². The van der Waals surface area contributed by atoms with Gasteiger partial charge in [0.2, 0.25) is 0 Å². The Kier molecular flexibility index (Phi) is 3.63. The van der Waals surface area contributed by atoms with E-state index in [2.05, 4.69) is 4.98 Å². The molecule has 5 heteroatoms. The maximum absolute atomic E-state index is 12.4. The highest BCUT2D eigenvalue weighted by molar-refractivity contribution is 5.98. The average Bonchev–Trinajstić information content (AvgIpc) is 2.89. The standard InChI is InChI=1S/C15H12N4O/c1-10-3-5-12(6-4-10)15(20)11(2)19-9-18-13(7-16)14(19)8-17/h3-6,9,11H,1-2H3. The normalized spacial score (nSPS) is 11.4. The van der Waals surface area contributed by atoms with E-state index in [-0.39, 0.29) is 17.2 Å². The fourth-order valence-corrected chi connectivity index (χ4v) is 1.93. The molecule has 98 valence electrons. The third kappa shape index (κ3) is 2.30. The molecule has 1 heterocycles. The van der Waals surface area contributed by atoms with Gasteiger partial charge in [0.15, 0.2) is 17.2 Å². The van der Waals surface area contributed by atoms with Crippen LogP contribution in [0.25, 0.3) is 0 Å². The Morgan fingerprint density at radius 2 is 1.90 bits per heavy atom. The van der Waals surface area contributed by atoms with Gasteiger partial charge >= 0.3 is 0 Å². The summed E-state index contributed by atoms with van der Waals surface area (Å²) in [6.45, 7) is 3.63. The Morgan fingerprint density at radius 1 is 1.25 bits per heavy atom. The van der Waals surface area contributed by atoms with Gasteiger partial charge < -0.3 is 4.57 Å². The molecule has 20 heavy (non-hydrogen) atoms. The molecule has 0 saturated carbocycles. The van der Waals surface area contributed by atoms with Crippen LogP contribution in [0.5, 0.6) is 0 Å². The lowest BCUT2D eigenvalue weighted by Gasteiger charge is -2.13. The predicted octanol–water partition coefficient (Wildman–Crippen LogP) is 2.38. The third-order valence-electron chi connectivity index (χ3n) is 3.14. The van der Waals surface area contributed by atoms with Gasteiger partial charge in [-0.2, -0.15) is 10.5 Å². The quantitative estimate of drug-likeness (QED) is 0.797. The topological polar surface area (TPSA) is 82.5 Å². The summed E-state index contributed by atoms with van der Waals surface area (Å²) in [6, 6.07) is 10.4. The first kappa shape index (κ1) is 13.5. The van der Waals surface area contributed by atoms with E-state index in [1.54, 1.807) is 19.1 Å². The number of nitrogens with zero attached hydrogens (tertiary/aromatic N) is 4. The number of hydrogen-bond acceptors (Lipinski definition) is 4. The van der Waals surface area contributed by atoms with Gasteiger partial charge in [0.1, 0.15) is 12.1 Å². The lowest BCUT2D eigenvalue weighted by atomic mass is 10.0. The molecule has 0 bridgehead atoms. The smallest absolute Gasteiger partial charge is 0.185 e. The van der Waals surface area contributed by atoms with Crippen molar-refractivity contribution in [3.63, 3.8) is 0 Å². The van der Waals surface area contributed by atoms with Gasteiger partial charge in [-0.25, -0.2) is 4.98 Å². The van der Waals surface area contributed by atoms with E-state index in [4.69, 9.17) is 10.5 Å². The van der Waals surface area contributed by atoms with Crippen LogP contribution in [0.4, 0.5) is 0 Å². The molecule has 0 fully saturated rings. The van der Waals surface area contributed by atoms with Gasteiger partial charge in [-0.05, 0) is 13.8 Å². The van der Waals surface area contributed by atoms with E-state index in [0.29, 0.717) is 5.56 Å². The molecule has 0 radical (unpaired) electrons. The zero-order valence-electron chi connectivity index (χ0n) is 11.2. The second-order valence-electron chi connectivity index (χ2n) is 4.48. The van der Waals surface area contributed by atoms with E-state index in [1.165, 1.54) is 10.9 Å². The molecule has 0 saturated heterocycles. The number of carbonyl (C=O) groups is 1. The number of imidazole rings is 1. The Labute approximate surface area is 116 Å². The first-order chi connectivity index (χ1) is 9.58. The lowest BCUT2D eigenvalue weighted by Crippen LogP contribution is -2.17. The second-order valence-corrected chi connectivity index (χ2v) is 4.48. The van der Waals surface area contributed by atoms with Gasteiger partial charge in [0.25, 0.3) is 0 Å². The minimum atomic E-state index is -0.582. The highest BCUT2D eigenvalue weighted by Crippen LogP contribution is 2.18. The Balaban J connectivity index is 2.37. The number of carbonyl (C=O) groups excluding carboxylic acids is 1. The summed E-state index contributed by atoms with van der Waals surface area (Å²) in [4.78, 5) is 16.2. The molecule has 1 aromatic heterocycles.